The van der Waals surface area contributed by atoms with Gasteiger partial charge in [0.1, 0.15) is 6.79 Å². The maximum Gasteiger partial charge on any atom is 0.309 e. The monoisotopic (exact) mass is 572 g/mol. The highest BCUT2D eigenvalue weighted by atomic mass is 16.7. The van der Waals surface area contributed by atoms with Gasteiger partial charge in [0.25, 0.3) is 0 Å². The minimum Gasteiger partial charge on any atom is -0.481 e. The van der Waals surface area contributed by atoms with E-state index < -0.39 is 17.4 Å². The SMILES string of the molecule is CC1C[C@H](OCOCCC(=O)O)C(C)(C)[C@@H]2CC[C@]3(C)[C@H](CC=C4[C@@H]5C[C@@](C)(C(=O)O)CC[C@]5(C)CC[C@]43C)[C@@]12C. The van der Waals surface area contributed by atoms with Crippen LogP contribution in [0.15, 0.2) is 11.6 Å². The second kappa shape index (κ2) is 10.1. The highest BCUT2D eigenvalue weighted by Crippen LogP contribution is 2.76. The zero-order valence-electron chi connectivity index (χ0n) is 27.0. The molecule has 232 valence electrons. The Hall–Kier alpha value is -1.40. The second-order valence-corrected chi connectivity index (χ2v) is 16.7. The van der Waals surface area contributed by atoms with Gasteiger partial charge in [-0.05, 0) is 115 Å². The predicted octanol–water partition coefficient (Wildman–Crippen LogP) is 7.95. The Bertz CT molecular complexity index is 1100. The third-order valence-electron chi connectivity index (χ3n) is 14.7. The normalized spacial score (nSPS) is 48.6. The number of aliphatic carboxylic acids is 2. The van der Waals surface area contributed by atoms with Gasteiger partial charge in [-0.15, -0.1) is 0 Å². The molecule has 0 radical (unpaired) electrons. The molecule has 0 bridgehead atoms. The van der Waals surface area contributed by atoms with E-state index in [0.717, 1.165) is 32.1 Å². The molecule has 0 amide bonds. The lowest BCUT2D eigenvalue weighted by Crippen LogP contribution is -2.66. The molecule has 10 atom stereocenters. The quantitative estimate of drug-likeness (QED) is 0.183. The first-order chi connectivity index (χ1) is 19.0. The summed E-state index contributed by atoms with van der Waals surface area (Å²) in [4.78, 5) is 23.2. The summed E-state index contributed by atoms with van der Waals surface area (Å²) in [5.74, 6) is 0.479. The van der Waals surface area contributed by atoms with Gasteiger partial charge in [0, 0.05) is 0 Å². The topological polar surface area (TPSA) is 93.1 Å². The molecule has 0 aliphatic heterocycles. The van der Waals surface area contributed by atoms with Crippen molar-refractivity contribution in [3.8, 4) is 0 Å². The van der Waals surface area contributed by atoms with E-state index in [4.69, 9.17) is 14.6 Å². The number of carboxylic acid groups (broad SMARTS) is 2. The standard InChI is InChI=1S/C35H56O6/c1-22-19-27(41-21-40-18-12-28(36)37)30(2,3)25-11-13-34(7)26(35(22,25)8)10-9-23-24-20-32(5,29(38)39)15-14-31(24,4)16-17-33(23,34)6/h9,22,24-27H,10-21H2,1-8H3,(H,36,37)(H,38,39)/t22?,24-,25-,26-,27-,31+,32-,33+,34+,35-/m0/s1. The van der Waals surface area contributed by atoms with Crippen LogP contribution < -0.4 is 0 Å². The lowest BCUT2D eigenvalue weighted by Gasteiger charge is -2.72. The third-order valence-corrected chi connectivity index (χ3v) is 14.7. The molecule has 0 spiro atoms. The van der Waals surface area contributed by atoms with E-state index in [1.807, 2.05) is 6.92 Å². The molecular weight excluding hydrogens is 516 g/mol. The molecule has 0 aromatic carbocycles. The van der Waals surface area contributed by atoms with Gasteiger partial charge in [-0.3, -0.25) is 9.59 Å². The minimum atomic E-state index is -0.849. The molecule has 5 aliphatic rings. The van der Waals surface area contributed by atoms with Crippen LogP contribution in [0, 0.1) is 56.2 Å². The van der Waals surface area contributed by atoms with Crippen molar-refractivity contribution in [1.29, 1.82) is 0 Å². The Morgan fingerprint density at radius 3 is 2.29 bits per heavy atom. The number of rotatable bonds is 7. The molecule has 5 aliphatic carbocycles. The van der Waals surface area contributed by atoms with Crippen LogP contribution in [0.4, 0.5) is 0 Å². The fourth-order valence-electron chi connectivity index (χ4n) is 11.4. The number of carboxylic acids is 2. The van der Waals surface area contributed by atoms with Gasteiger partial charge < -0.3 is 19.7 Å². The number of hydrogen-bond acceptors (Lipinski definition) is 4. The number of fused-ring (bicyclic) bond motifs is 7. The van der Waals surface area contributed by atoms with Crippen molar-refractivity contribution in [2.45, 2.75) is 126 Å². The summed E-state index contributed by atoms with van der Waals surface area (Å²) in [6.45, 7) is 19.7. The minimum absolute atomic E-state index is 0.00138. The average Bonchev–Trinajstić information content (AvgIpc) is 2.88. The molecule has 0 aromatic rings. The summed E-state index contributed by atoms with van der Waals surface area (Å²) < 4.78 is 11.9. The molecule has 0 aromatic heterocycles. The Balaban J connectivity index is 1.43. The zero-order valence-corrected chi connectivity index (χ0v) is 27.0. The van der Waals surface area contributed by atoms with Crippen LogP contribution in [-0.2, 0) is 19.1 Å². The number of carbonyl (C=O) groups is 2. The fourth-order valence-corrected chi connectivity index (χ4v) is 11.4. The molecule has 6 heteroatoms. The smallest absolute Gasteiger partial charge is 0.309 e. The first kappa shape index (κ1) is 31.0. The largest absolute Gasteiger partial charge is 0.481 e. The van der Waals surface area contributed by atoms with Gasteiger partial charge in [-0.25, -0.2) is 0 Å². The van der Waals surface area contributed by atoms with Crippen molar-refractivity contribution < 1.29 is 29.3 Å². The number of hydrogen-bond donors (Lipinski definition) is 2. The van der Waals surface area contributed by atoms with Crippen LogP contribution in [0.2, 0.25) is 0 Å². The number of ether oxygens (including phenoxy) is 2. The Morgan fingerprint density at radius 2 is 1.63 bits per heavy atom. The molecule has 4 fully saturated rings. The van der Waals surface area contributed by atoms with E-state index in [1.54, 1.807) is 5.57 Å². The molecule has 6 nitrogen and oxygen atoms in total. The molecule has 2 N–H and O–H groups in total. The molecular formula is C35H56O6. The van der Waals surface area contributed by atoms with Gasteiger partial charge in [0.2, 0.25) is 0 Å². The Kier molecular flexibility index (Phi) is 7.63. The molecule has 1 unspecified atom stereocenters. The molecule has 0 heterocycles. The van der Waals surface area contributed by atoms with Crippen molar-refractivity contribution in [2.24, 2.45) is 56.2 Å². The van der Waals surface area contributed by atoms with E-state index >= 15 is 0 Å². The lowest BCUT2D eigenvalue weighted by atomic mass is 9.32. The van der Waals surface area contributed by atoms with Gasteiger partial charge in [-0.2, -0.15) is 0 Å². The van der Waals surface area contributed by atoms with Crippen molar-refractivity contribution >= 4 is 11.9 Å². The first-order valence-corrected chi connectivity index (χ1v) is 16.3. The maximum atomic E-state index is 12.4. The second-order valence-electron chi connectivity index (χ2n) is 16.7. The van der Waals surface area contributed by atoms with Gasteiger partial charge in [0.15, 0.2) is 0 Å². The average molecular weight is 573 g/mol. The molecule has 4 saturated carbocycles. The van der Waals surface area contributed by atoms with Gasteiger partial charge in [0.05, 0.1) is 24.5 Å². The summed E-state index contributed by atoms with van der Waals surface area (Å²) in [5.41, 5.74) is 1.62. The lowest BCUT2D eigenvalue weighted by molar-refractivity contribution is -0.244. The van der Waals surface area contributed by atoms with Crippen molar-refractivity contribution in [2.75, 3.05) is 13.4 Å². The van der Waals surface area contributed by atoms with E-state index in [2.05, 4.69) is 54.5 Å². The summed E-state index contributed by atoms with van der Waals surface area (Å²) in [5, 5.41) is 19.1. The van der Waals surface area contributed by atoms with Crippen molar-refractivity contribution in [3.05, 3.63) is 11.6 Å². The van der Waals surface area contributed by atoms with Crippen LogP contribution in [0.1, 0.15) is 120 Å². The summed E-state index contributed by atoms with van der Waals surface area (Å²) in [6.07, 6.45) is 12.1. The van der Waals surface area contributed by atoms with Crippen molar-refractivity contribution in [3.63, 3.8) is 0 Å². The van der Waals surface area contributed by atoms with Crippen LogP contribution in [0.5, 0.6) is 0 Å². The van der Waals surface area contributed by atoms with Crippen molar-refractivity contribution in [1.82, 2.24) is 0 Å². The summed E-state index contributed by atoms with van der Waals surface area (Å²) in [6, 6.07) is 0. The molecule has 5 rings (SSSR count). The molecule has 41 heavy (non-hydrogen) atoms. The van der Waals surface area contributed by atoms with Crippen LogP contribution in [0.25, 0.3) is 0 Å². The van der Waals surface area contributed by atoms with Gasteiger partial charge >= 0.3 is 11.9 Å². The van der Waals surface area contributed by atoms with Crippen LogP contribution in [-0.4, -0.2) is 41.7 Å². The van der Waals surface area contributed by atoms with Crippen LogP contribution in [0.3, 0.4) is 0 Å². The fraction of sp³-hybridized carbons (Fsp3) is 0.886. The highest BCUT2D eigenvalue weighted by Gasteiger charge is 2.69. The number of allylic oxidation sites excluding steroid dienone is 2. The zero-order chi connectivity index (χ0) is 30.2. The first-order valence-electron chi connectivity index (χ1n) is 16.3. The highest BCUT2D eigenvalue weighted by molar-refractivity contribution is 5.74. The molecule has 0 saturated heterocycles. The summed E-state index contributed by atoms with van der Waals surface area (Å²) >= 11 is 0. The summed E-state index contributed by atoms with van der Waals surface area (Å²) in [7, 11) is 0. The van der Waals surface area contributed by atoms with Gasteiger partial charge in [-0.1, -0.05) is 60.1 Å². The van der Waals surface area contributed by atoms with E-state index in [1.165, 1.54) is 25.7 Å². The third kappa shape index (κ3) is 4.47. The Morgan fingerprint density at radius 1 is 0.951 bits per heavy atom. The van der Waals surface area contributed by atoms with E-state index in [-0.39, 0.29) is 53.0 Å². The van der Waals surface area contributed by atoms with Crippen LogP contribution >= 0.6 is 0 Å². The maximum absolute atomic E-state index is 12.4. The Labute approximate surface area is 248 Å². The van der Waals surface area contributed by atoms with E-state index in [0.29, 0.717) is 23.7 Å². The predicted molar refractivity (Wildman–Crippen MR) is 159 cm³/mol. The van der Waals surface area contributed by atoms with E-state index in [9.17, 15) is 14.7 Å².